The number of amides is 3. The molecule has 0 radical (unpaired) electrons. The van der Waals surface area contributed by atoms with Gasteiger partial charge in [-0.3, -0.25) is 4.79 Å². The lowest BCUT2D eigenvalue weighted by atomic mass is 9.93. The summed E-state index contributed by atoms with van der Waals surface area (Å²) < 4.78 is 40.5. The molecule has 3 amide bonds. The fraction of sp³-hybridized carbons (Fsp3) is 0.318. The summed E-state index contributed by atoms with van der Waals surface area (Å²) in [4.78, 5) is 31.0. The summed E-state index contributed by atoms with van der Waals surface area (Å²) in [6.07, 6.45) is 1.16. The topological polar surface area (TPSA) is 111 Å². The van der Waals surface area contributed by atoms with Gasteiger partial charge in [0.2, 0.25) is 11.8 Å². The Bertz CT molecular complexity index is 1180. The first-order chi connectivity index (χ1) is 15.3. The summed E-state index contributed by atoms with van der Waals surface area (Å²) >= 11 is 0. The second-order valence-corrected chi connectivity index (χ2v) is 8.06. The molecule has 2 atom stereocenters. The van der Waals surface area contributed by atoms with Crippen LogP contribution in [-0.4, -0.2) is 41.5 Å². The Morgan fingerprint density at radius 1 is 1.28 bits per heavy atom. The lowest BCUT2D eigenvalue weighted by molar-refractivity contribution is -0.132. The molecular weight excluding hydrogens is 422 g/mol. The molecule has 1 aromatic heterocycles. The smallest absolute Gasteiger partial charge is 0.312 e. The summed E-state index contributed by atoms with van der Waals surface area (Å²) in [7, 11) is 1.29. The number of oxazole rings is 1. The van der Waals surface area contributed by atoms with Gasteiger partial charge in [0.25, 0.3) is 0 Å². The number of rotatable bonds is 5. The Balaban J connectivity index is 1.55. The number of nitrogens with one attached hydrogen (secondary N) is 1. The van der Waals surface area contributed by atoms with E-state index in [1.165, 1.54) is 12.0 Å². The highest BCUT2D eigenvalue weighted by Gasteiger charge is 2.60. The van der Waals surface area contributed by atoms with Gasteiger partial charge in [-0.2, -0.15) is 0 Å². The first-order valence-corrected chi connectivity index (χ1v) is 10.1. The van der Waals surface area contributed by atoms with Crippen molar-refractivity contribution in [3.63, 3.8) is 0 Å². The van der Waals surface area contributed by atoms with Crippen molar-refractivity contribution in [2.75, 3.05) is 13.7 Å². The van der Waals surface area contributed by atoms with Crippen molar-refractivity contribution in [3.8, 4) is 5.75 Å². The quantitative estimate of drug-likeness (QED) is 0.631. The van der Waals surface area contributed by atoms with Crippen molar-refractivity contribution < 1.29 is 27.5 Å². The van der Waals surface area contributed by atoms with Crippen LogP contribution in [0.5, 0.6) is 5.75 Å². The van der Waals surface area contributed by atoms with Crippen LogP contribution >= 0.6 is 0 Å². The Morgan fingerprint density at radius 3 is 2.56 bits per heavy atom. The zero-order chi connectivity index (χ0) is 22.6. The van der Waals surface area contributed by atoms with Crippen LogP contribution < -0.4 is 15.8 Å². The largest absolute Gasteiger partial charge is 0.497 e. The number of aromatic nitrogens is 1. The van der Waals surface area contributed by atoms with E-state index in [9.17, 15) is 18.4 Å². The van der Waals surface area contributed by atoms with Crippen molar-refractivity contribution in [1.29, 1.82) is 0 Å². The van der Waals surface area contributed by atoms with Gasteiger partial charge in [-0.05, 0) is 25.0 Å². The van der Waals surface area contributed by atoms with Gasteiger partial charge in [0, 0.05) is 30.2 Å². The predicted octanol–water partition coefficient (Wildman–Crippen LogP) is 2.77. The van der Waals surface area contributed by atoms with E-state index >= 15 is 0 Å². The number of primary amides is 1. The molecule has 10 heteroatoms. The molecule has 3 aromatic rings. The first-order valence-electron chi connectivity index (χ1n) is 10.1. The molecule has 1 saturated carbocycles. The minimum absolute atomic E-state index is 0.00878. The van der Waals surface area contributed by atoms with E-state index in [4.69, 9.17) is 14.9 Å². The van der Waals surface area contributed by atoms with Crippen molar-refractivity contribution >= 4 is 23.0 Å². The van der Waals surface area contributed by atoms with Crippen molar-refractivity contribution in [3.05, 3.63) is 59.5 Å². The van der Waals surface area contributed by atoms with Crippen LogP contribution in [-0.2, 0) is 10.3 Å². The highest BCUT2D eigenvalue weighted by atomic mass is 19.1. The second-order valence-electron chi connectivity index (χ2n) is 8.06. The number of ether oxygens (including phenoxy) is 1. The molecule has 1 saturated heterocycles. The van der Waals surface area contributed by atoms with Gasteiger partial charge in [0.15, 0.2) is 5.58 Å². The highest BCUT2D eigenvalue weighted by Crippen LogP contribution is 2.54. The summed E-state index contributed by atoms with van der Waals surface area (Å²) in [5, 5.41) is 2.36. The maximum atomic E-state index is 14.9. The number of methoxy groups -OCH3 is 1. The van der Waals surface area contributed by atoms with Crippen LogP contribution in [0.3, 0.4) is 0 Å². The van der Waals surface area contributed by atoms with Crippen LogP contribution in [0.1, 0.15) is 30.2 Å². The number of hydrogen-bond acceptors (Lipinski definition) is 5. The third kappa shape index (κ3) is 3.05. The molecule has 2 aliphatic rings. The number of fused-ring (bicyclic) bond motifs is 1. The van der Waals surface area contributed by atoms with Gasteiger partial charge >= 0.3 is 6.03 Å². The third-order valence-electron chi connectivity index (χ3n) is 6.20. The fourth-order valence-corrected chi connectivity index (χ4v) is 4.51. The molecule has 32 heavy (non-hydrogen) atoms. The molecular formula is C22H20F2N4O4. The van der Waals surface area contributed by atoms with Gasteiger partial charge in [-0.25, -0.2) is 18.6 Å². The molecule has 166 valence electrons. The Hall–Kier alpha value is -3.69. The van der Waals surface area contributed by atoms with E-state index in [1.807, 2.05) is 12.1 Å². The third-order valence-corrected chi connectivity index (χ3v) is 6.20. The Labute approximate surface area is 181 Å². The van der Waals surface area contributed by atoms with Gasteiger partial charge in [-0.1, -0.05) is 12.1 Å². The van der Waals surface area contributed by atoms with E-state index < -0.39 is 41.1 Å². The van der Waals surface area contributed by atoms with E-state index in [1.54, 1.807) is 12.1 Å². The lowest BCUT2D eigenvalue weighted by Gasteiger charge is -2.25. The Kier molecular flexibility index (Phi) is 4.54. The summed E-state index contributed by atoms with van der Waals surface area (Å²) in [6, 6.07) is 7.11. The Morgan fingerprint density at radius 2 is 1.97 bits per heavy atom. The molecule has 1 aliphatic heterocycles. The number of carbonyl (C=O) groups excluding carboxylic acids is 2. The minimum atomic E-state index is -1.23. The first kappa shape index (κ1) is 20.2. The van der Waals surface area contributed by atoms with Crippen LogP contribution in [0.25, 0.3) is 11.1 Å². The number of hydrogen-bond donors (Lipinski definition) is 2. The summed E-state index contributed by atoms with van der Waals surface area (Å²) in [5.41, 5.74) is 5.36. The molecule has 0 bridgehead atoms. The van der Waals surface area contributed by atoms with Crippen molar-refractivity contribution in [2.24, 2.45) is 5.73 Å². The SMILES string of the molecule is COc1cc(F)c([C@@H]2CN(C3(c4nc5ccccc5o4)CC3)C(=O)[C@H]2NC(N)=O)c(F)c1. The molecule has 2 aromatic carbocycles. The number of nitrogens with two attached hydrogens (primary N) is 1. The van der Waals surface area contributed by atoms with Crippen molar-refractivity contribution in [1.82, 2.24) is 15.2 Å². The monoisotopic (exact) mass is 442 g/mol. The standard InChI is InChI=1S/C22H20F2N4O4/c1-31-11-8-13(23)17(14(24)9-11)12-10-28(19(29)18(12)27-21(25)30)22(6-7-22)20-26-15-4-2-3-5-16(15)32-20/h2-5,8-9,12,18H,6-7,10H2,1H3,(H3,25,27,30)/t12-,18-/m0/s1. The van der Waals surface area contributed by atoms with Gasteiger partial charge < -0.3 is 25.1 Å². The average Bonchev–Trinajstić information content (AvgIpc) is 3.34. The number of para-hydroxylation sites is 2. The van der Waals surface area contributed by atoms with Gasteiger partial charge in [-0.15, -0.1) is 0 Å². The molecule has 2 fully saturated rings. The summed E-state index contributed by atoms with van der Waals surface area (Å²) in [6.45, 7) is -0.0390. The molecule has 0 unspecified atom stereocenters. The van der Waals surface area contributed by atoms with Crippen molar-refractivity contribution in [2.45, 2.75) is 30.3 Å². The number of benzene rings is 2. The maximum absolute atomic E-state index is 14.9. The number of nitrogens with zero attached hydrogens (tertiary/aromatic N) is 2. The zero-order valence-electron chi connectivity index (χ0n) is 17.1. The lowest BCUT2D eigenvalue weighted by Crippen LogP contribution is -2.47. The highest BCUT2D eigenvalue weighted by molar-refractivity contribution is 5.91. The maximum Gasteiger partial charge on any atom is 0.312 e. The van der Waals surface area contributed by atoms with Gasteiger partial charge in [0.1, 0.15) is 34.5 Å². The molecule has 0 spiro atoms. The number of carbonyl (C=O) groups is 2. The molecule has 8 nitrogen and oxygen atoms in total. The average molecular weight is 442 g/mol. The van der Waals surface area contributed by atoms with Crippen LogP contribution in [0.15, 0.2) is 40.8 Å². The number of urea groups is 1. The fourth-order valence-electron chi connectivity index (χ4n) is 4.51. The zero-order valence-corrected chi connectivity index (χ0v) is 17.1. The van der Waals surface area contributed by atoms with E-state index in [2.05, 4.69) is 10.3 Å². The van der Waals surface area contributed by atoms with Crippen LogP contribution in [0.4, 0.5) is 13.6 Å². The van der Waals surface area contributed by atoms with E-state index in [0.29, 0.717) is 29.8 Å². The van der Waals surface area contributed by atoms with E-state index in [-0.39, 0.29) is 17.9 Å². The second kappa shape index (κ2) is 7.18. The van der Waals surface area contributed by atoms with E-state index in [0.717, 1.165) is 12.1 Å². The predicted molar refractivity (Wildman–Crippen MR) is 109 cm³/mol. The number of halogens is 2. The molecule has 1 aliphatic carbocycles. The summed E-state index contributed by atoms with van der Waals surface area (Å²) in [5.74, 6) is -2.87. The normalized spacial score (nSPS) is 21.7. The molecule has 2 heterocycles. The van der Waals surface area contributed by atoms with Gasteiger partial charge in [0.05, 0.1) is 7.11 Å². The van der Waals surface area contributed by atoms with Crippen LogP contribution in [0, 0.1) is 11.6 Å². The molecule has 3 N–H and O–H groups in total. The number of likely N-dealkylation sites (tertiary alicyclic amines) is 1. The van der Waals surface area contributed by atoms with Crippen LogP contribution in [0.2, 0.25) is 0 Å². The molecule has 5 rings (SSSR count). The minimum Gasteiger partial charge on any atom is -0.497 e.